The maximum absolute atomic E-state index is 6.15. The van der Waals surface area contributed by atoms with Gasteiger partial charge in [0, 0.05) is 16.3 Å². The summed E-state index contributed by atoms with van der Waals surface area (Å²) >= 11 is 11.4. The zero-order chi connectivity index (χ0) is 18.9. The average molecular weight is 396 g/mol. The Bertz CT molecular complexity index is 931. The first-order valence-electron chi connectivity index (χ1n) is 8.32. The van der Waals surface area contributed by atoms with Crippen LogP contribution < -0.4 is 15.5 Å². The van der Waals surface area contributed by atoms with E-state index in [0.29, 0.717) is 16.7 Å². The van der Waals surface area contributed by atoms with Crippen LogP contribution in [0.15, 0.2) is 84.0 Å². The number of para-hydroxylation sites is 1. The first-order valence-corrected chi connectivity index (χ1v) is 9.11. The number of halogens is 1. The van der Waals surface area contributed by atoms with E-state index in [9.17, 15) is 0 Å². The lowest BCUT2D eigenvalue weighted by Gasteiger charge is -2.08. The van der Waals surface area contributed by atoms with Crippen LogP contribution in [0.1, 0.15) is 11.1 Å². The van der Waals surface area contributed by atoms with Gasteiger partial charge < -0.3 is 10.1 Å². The summed E-state index contributed by atoms with van der Waals surface area (Å²) in [5.74, 6) is 0.740. The van der Waals surface area contributed by atoms with E-state index in [4.69, 9.17) is 28.6 Å². The van der Waals surface area contributed by atoms with Gasteiger partial charge in [0.15, 0.2) is 5.11 Å². The summed E-state index contributed by atoms with van der Waals surface area (Å²) in [5, 5.41) is 8.32. The second-order valence-corrected chi connectivity index (χ2v) is 6.46. The first-order chi connectivity index (χ1) is 13.2. The van der Waals surface area contributed by atoms with Crippen molar-refractivity contribution in [3.63, 3.8) is 0 Å². The molecule has 0 aliphatic carbocycles. The van der Waals surface area contributed by atoms with Crippen LogP contribution in [0.3, 0.4) is 0 Å². The predicted molar refractivity (Wildman–Crippen MR) is 116 cm³/mol. The smallest absolute Gasteiger partial charge is 0.191 e. The fraction of sp³-hybridized carbons (Fsp3) is 0.0476. The Labute approximate surface area is 168 Å². The molecule has 136 valence electrons. The summed E-state index contributed by atoms with van der Waals surface area (Å²) in [6, 6.07) is 24.9. The van der Waals surface area contributed by atoms with Crippen molar-refractivity contribution in [3.05, 3.63) is 95.0 Å². The fourth-order valence-corrected chi connectivity index (χ4v) is 2.67. The highest BCUT2D eigenvalue weighted by atomic mass is 35.5. The molecule has 0 saturated carbocycles. The van der Waals surface area contributed by atoms with Gasteiger partial charge in [0.2, 0.25) is 0 Å². The van der Waals surface area contributed by atoms with Gasteiger partial charge in [-0.1, -0.05) is 60.1 Å². The Balaban J connectivity index is 1.53. The van der Waals surface area contributed by atoms with Gasteiger partial charge in [-0.05, 0) is 48.1 Å². The van der Waals surface area contributed by atoms with Crippen molar-refractivity contribution in [2.24, 2.45) is 5.10 Å². The number of benzene rings is 3. The molecule has 3 aromatic rings. The van der Waals surface area contributed by atoms with Gasteiger partial charge in [0.25, 0.3) is 0 Å². The molecule has 0 spiro atoms. The summed E-state index contributed by atoms with van der Waals surface area (Å²) in [7, 11) is 0. The summed E-state index contributed by atoms with van der Waals surface area (Å²) in [4.78, 5) is 0. The number of rotatable bonds is 6. The predicted octanol–water partition coefficient (Wildman–Crippen LogP) is 5.24. The van der Waals surface area contributed by atoms with Gasteiger partial charge in [-0.15, -0.1) is 0 Å². The molecule has 0 saturated heterocycles. The number of nitrogens with one attached hydrogen (secondary N) is 2. The van der Waals surface area contributed by atoms with Crippen molar-refractivity contribution < 1.29 is 4.74 Å². The summed E-state index contributed by atoms with van der Waals surface area (Å²) in [6.45, 7) is 0.406. The van der Waals surface area contributed by atoms with E-state index in [1.54, 1.807) is 6.21 Å². The van der Waals surface area contributed by atoms with Crippen LogP contribution in [0.5, 0.6) is 5.75 Å². The molecule has 27 heavy (non-hydrogen) atoms. The number of ether oxygens (including phenoxy) is 1. The van der Waals surface area contributed by atoms with Crippen LogP contribution in [0.25, 0.3) is 0 Å². The maximum Gasteiger partial charge on any atom is 0.191 e. The van der Waals surface area contributed by atoms with E-state index in [0.717, 1.165) is 22.6 Å². The normalized spacial score (nSPS) is 10.6. The molecule has 0 aliphatic heterocycles. The third-order valence-electron chi connectivity index (χ3n) is 3.62. The van der Waals surface area contributed by atoms with Crippen molar-refractivity contribution >= 4 is 40.8 Å². The van der Waals surface area contributed by atoms with E-state index >= 15 is 0 Å². The molecule has 0 atom stereocenters. The van der Waals surface area contributed by atoms with Crippen LogP contribution in [0.2, 0.25) is 5.02 Å². The zero-order valence-electron chi connectivity index (χ0n) is 14.4. The quantitative estimate of drug-likeness (QED) is 0.340. The Morgan fingerprint density at radius 3 is 2.59 bits per heavy atom. The molecular weight excluding hydrogens is 378 g/mol. The van der Waals surface area contributed by atoms with E-state index in [1.807, 2.05) is 78.9 Å². The molecule has 0 amide bonds. The van der Waals surface area contributed by atoms with Crippen LogP contribution in [-0.4, -0.2) is 11.3 Å². The summed E-state index contributed by atoms with van der Waals surface area (Å²) < 4.78 is 5.82. The molecule has 4 nitrogen and oxygen atoms in total. The second kappa shape index (κ2) is 9.71. The molecule has 0 unspecified atom stereocenters. The minimum atomic E-state index is 0.406. The molecule has 0 radical (unpaired) electrons. The fourth-order valence-electron chi connectivity index (χ4n) is 2.31. The van der Waals surface area contributed by atoms with E-state index in [-0.39, 0.29) is 0 Å². The Morgan fingerprint density at radius 2 is 1.78 bits per heavy atom. The molecule has 6 heteroatoms. The van der Waals surface area contributed by atoms with Gasteiger partial charge in [-0.25, -0.2) is 0 Å². The Hall–Kier alpha value is -2.89. The Kier molecular flexibility index (Phi) is 6.79. The first kappa shape index (κ1) is 18.9. The van der Waals surface area contributed by atoms with Crippen LogP contribution in [0, 0.1) is 0 Å². The maximum atomic E-state index is 6.15. The number of hydrogen-bond donors (Lipinski definition) is 2. The molecule has 0 heterocycles. The zero-order valence-corrected chi connectivity index (χ0v) is 16.0. The summed E-state index contributed by atoms with van der Waals surface area (Å²) in [5.41, 5.74) is 5.53. The van der Waals surface area contributed by atoms with E-state index < -0.39 is 0 Å². The van der Waals surface area contributed by atoms with Crippen molar-refractivity contribution in [2.45, 2.75) is 6.61 Å². The lowest BCUT2D eigenvalue weighted by molar-refractivity contribution is 0.306. The highest BCUT2D eigenvalue weighted by Gasteiger charge is 2.01. The van der Waals surface area contributed by atoms with Crippen LogP contribution in [0.4, 0.5) is 5.69 Å². The van der Waals surface area contributed by atoms with Gasteiger partial charge in [0.1, 0.15) is 12.4 Å². The third kappa shape index (κ3) is 6.09. The van der Waals surface area contributed by atoms with E-state index in [2.05, 4.69) is 15.8 Å². The second-order valence-electron chi connectivity index (χ2n) is 5.64. The minimum absolute atomic E-state index is 0.406. The molecule has 2 N–H and O–H groups in total. The van der Waals surface area contributed by atoms with Crippen molar-refractivity contribution in [3.8, 4) is 5.75 Å². The number of anilines is 1. The topological polar surface area (TPSA) is 45.7 Å². The molecule has 0 fully saturated rings. The molecule has 0 bridgehead atoms. The van der Waals surface area contributed by atoms with Crippen LogP contribution in [-0.2, 0) is 6.61 Å². The molecule has 0 aliphatic rings. The average Bonchev–Trinajstić information content (AvgIpc) is 2.68. The molecule has 0 aromatic heterocycles. The number of nitrogens with zero attached hydrogens (tertiary/aromatic N) is 1. The molecule has 3 rings (SSSR count). The summed E-state index contributed by atoms with van der Waals surface area (Å²) in [6.07, 6.45) is 1.68. The monoisotopic (exact) mass is 395 g/mol. The number of thiocarbonyl (C=S) groups is 1. The van der Waals surface area contributed by atoms with Gasteiger partial charge in [-0.3, -0.25) is 5.43 Å². The highest BCUT2D eigenvalue weighted by Crippen LogP contribution is 2.19. The number of hydrazone groups is 1. The van der Waals surface area contributed by atoms with Gasteiger partial charge in [-0.2, -0.15) is 5.10 Å². The van der Waals surface area contributed by atoms with Crippen molar-refractivity contribution in [1.29, 1.82) is 0 Å². The minimum Gasteiger partial charge on any atom is -0.489 e. The molecular formula is C21H18ClN3OS. The van der Waals surface area contributed by atoms with E-state index in [1.165, 1.54) is 0 Å². The van der Waals surface area contributed by atoms with Crippen molar-refractivity contribution in [1.82, 2.24) is 5.43 Å². The molecule has 3 aromatic carbocycles. The standard InChI is InChI=1S/C21H18ClN3OS/c22-20-12-5-4-8-17(20)15-26-19-11-6-7-16(13-19)14-23-25-21(27)24-18-9-2-1-3-10-18/h1-14H,15H2,(H2,24,25,27)/b23-14+. The lowest BCUT2D eigenvalue weighted by atomic mass is 10.2. The third-order valence-corrected chi connectivity index (χ3v) is 4.18. The Morgan fingerprint density at radius 1 is 1.00 bits per heavy atom. The lowest BCUT2D eigenvalue weighted by Crippen LogP contribution is -2.23. The van der Waals surface area contributed by atoms with Gasteiger partial charge in [0.05, 0.1) is 6.21 Å². The number of hydrogen-bond acceptors (Lipinski definition) is 3. The SMILES string of the molecule is S=C(N/N=C/c1cccc(OCc2ccccc2Cl)c1)Nc1ccccc1. The van der Waals surface area contributed by atoms with Gasteiger partial charge >= 0.3 is 0 Å². The van der Waals surface area contributed by atoms with Crippen molar-refractivity contribution in [2.75, 3.05) is 5.32 Å². The largest absolute Gasteiger partial charge is 0.489 e. The van der Waals surface area contributed by atoms with Crippen LogP contribution >= 0.6 is 23.8 Å². The highest BCUT2D eigenvalue weighted by molar-refractivity contribution is 7.80.